The first-order chi connectivity index (χ1) is 16.8. The summed E-state index contributed by atoms with van der Waals surface area (Å²) >= 11 is 0. The Kier molecular flexibility index (Phi) is 6.11. The molecule has 1 fully saturated rings. The zero-order valence-electron chi connectivity index (χ0n) is 20.4. The molecule has 4 aromatic rings. The van der Waals surface area contributed by atoms with Gasteiger partial charge in [-0.3, -0.25) is 4.90 Å². The SMILES string of the molecule is CC(C)(C)c1ccc(-c2nc3c(N4CCN(Cc5ccc(N=O)c(F)c5)CC4)cccc3[nH]2)cc1. The lowest BCUT2D eigenvalue weighted by Gasteiger charge is -2.36. The molecule has 7 heteroatoms. The van der Waals surface area contributed by atoms with Crippen molar-refractivity contribution in [1.82, 2.24) is 14.9 Å². The van der Waals surface area contributed by atoms with Crippen molar-refractivity contribution in [3.63, 3.8) is 0 Å². The number of hydrogen-bond acceptors (Lipinski definition) is 5. The van der Waals surface area contributed by atoms with Gasteiger partial charge in [0.2, 0.25) is 0 Å². The maximum Gasteiger partial charge on any atom is 0.152 e. The Balaban J connectivity index is 1.30. The number of para-hydroxylation sites is 1. The van der Waals surface area contributed by atoms with Crippen LogP contribution in [0.4, 0.5) is 15.8 Å². The average molecular weight is 472 g/mol. The van der Waals surface area contributed by atoms with Gasteiger partial charge in [-0.1, -0.05) is 57.2 Å². The van der Waals surface area contributed by atoms with Crippen molar-refractivity contribution in [3.05, 3.63) is 82.5 Å². The summed E-state index contributed by atoms with van der Waals surface area (Å²) in [5.74, 6) is 0.312. The van der Waals surface area contributed by atoms with Crippen molar-refractivity contribution < 1.29 is 4.39 Å². The van der Waals surface area contributed by atoms with Crippen LogP contribution < -0.4 is 4.90 Å². The molecule has 1 aliphatic rings. The number of piperazine rings is 1. The van der Waals surface area contributed by atoms with E-state index in [-0.39, 0.29) is 11.1 Å². The van der Waals surface area contributed by atoms with Gasteiger partial charge in [-0.2, -0.15) is 0 Å². The molecule has 0 aliphatic carbocycles. The van der Waals surface area contributed by atoms with Crippen molar-refractivity contribution in [1.29, 1.82) is 0 Å². The quantitative estimate of drug-likeness (QED) is 0.343. The van der Waals surface area contributed by atoms with Gasteiger partial charge < -0.3 is 9.88 Å². The topological polar surface area (TPSA) is 64.6 Å². The zero-order chi connectivity index (χ0) is 24.6. The third-order valence-corrected chi connectivity index (χ3v) is 6.75. The molecule has 1 aliphatic heterocycles. The molecule has 2 heterocycles. The number of anilines is 1. The van der Waals surface area contributed by atoms with Crippen LogP contribution in [0.5, 0.6) is 0 Å². The van der Waals surface area contributed by atoms with Gasteiger partial charge in [-0.25, -0.2) is 9.37 Å². The first-order valence-corrected chi connectivity index (χ1v) is 12.0. The predicted molar refractivity (Wildman–Crippen MR) is 140 cm³/mol. The second-order valence-electron chi connectivity index (χ2n) is 10.2. The largest absolute Gasteiger partial charge is 0.367 e. The van der Waals surface area contributed by atoms with E-state index in [1.807, 2.05) is 0 Å². The maximum atomic E-state index is 13.9. The minimum Gasteiger partial charge on any atom is -0.367 e. The van der Waals surface area contributed by atoms with Crippen LogP contribution in [0.3, 0.4) is 0 Å². The van der Waals surface area contributed by atoms with Gasteiger partial charge >= 0.3 is 0 Å². The van der Waals surface area contributed by atoms with E-state index in [2.05, 4.69) is 83.2 Å². The lowest BCUT2D eigenvalue weighted by Crippen LogP contribution is -2.46. The number of aromatic nitrogens is 2. The Bertz CT molecular complexity index is 1350. The van der Waals surface area contributed by atoms with E-state index < -0.39 is 5.82 Å². The Morgan fingerprint density at radius 3 is 2.40 bits per heavy atom. The number of imidazole rings is 1. The second kappa shape index (κ2) is 9.23. The molecule has 0 unspecified atom stereocenters. The van der Waals surface area contributed by atoms with Gasteiger partial charge in [0.05, 0.1) is 11.2 Å². The number of fused-ring (bicyclic) bond motifs is 1. The van der Waals surface area contributed by atoms with Crippen molar-refractivity contribution in [3.8, 4) is 11.4 Å². The number of halogens is 1. The van der Waals surface area contributed by atoms with Crippen LogP contribution in [0.1, 0.15) is 31.9 Å². The first kappa shape index (κ1) is 23.2. The van der Waals surface area contributed by atoms with E-state index in [0.717, 1.165) is 59.9 Å². The number of rotatable bonds is 5. The average Bonchev–Trinajstić information content (AvgIpc) is 3.29. The molecular weight excluding hydrogens is 441 g/mol. The Hall–Kier alpha value is -3.58. The molecule has 0 bridgehead atoms. The molecule has 35 heavy (non-hydrogen) atoms. The highest BCUT2D eigenvalue weighted by Crippen LogP contribution is 2.31. The van der Waals surface area contributed by atoms with Gasteiger partial charge in [0.25, 0.3) is 0 Å². The third-order valence-electron chi connectivity index (χ3n) is 6.75. The number of H-pyrrole nitrogens is 1. The lowest BCUT2D eigenvalue weighted by atomic mass is 9.87. The molecule has 0 saturated carbocycles. The van der Waals surface area contributed by atoms with Crippen LogP contribution in [-0.4, -0.2) is 41.0 Å². The van der Waals surface area contributed by atoms with Gasteiger partial charge in [-0.05, 0) is 46.0 Å². The molecular formula is C28H30FN5O. The van der Waals surface area contributed by atoms with Gasteiger partial charge in [0.15, 0.2) is 5.82 Å². The van der Waals surface area contributed by atoms with E-state index in [1.165, 1.54) is 17.7 Å². The summed E-state index contributed by atoms with van der Waals surface area (Å²) in [7, 11) is 0. The molecule has 1 N–H and O–H groups in total. The number of aromatic amines is 1. The number of hydrogen-bond donors (Lipinski definition) is 1. The molecule has 0 radical (unpaired) electrons. The summed E-state index contributed by atoms with van der Waals surface area (Å²) in [6, 6.07) is 19.5. The molecule has 0 spiro atoms. The standard InChI is InChI=1S/C28H30FN5O/c1-28(2,3)21-10-8-20(9-11-21)27-30-24-5-4-6-25(26(24)31-27)34-15-13-33(14-16-34)18-19-7-12-23(32-35)22(29)17-19/h4-12,17H,13-16,18H2,1-3H3,(H,30,31). The fourth-order valence-corrected chi connectivity index (χ4v) is 4.66. The van der Waals surface area contributed by atoms with Crippen molar-refractivity contribution in [2.45, 2.75) is 32.7 Å². The Morgan fingerprint density at radius 2 is 1.74 bits per heavy atom. The van der Waals surface area contributed by atoms with Crippen molar-refractivity contribution in [2.24, 2.45) is 5.18 Å². The van der Waals surface area contributed by atoms with E-state index in [9.17, 15) is 9.30 Å². The van der Waals surface area contributed by atoms with Crippen LogP contribution in [0.15, 0.2) is 65.8 Å². The molecule has 5 rings (SSSR count). The minimum absolute atomic E-state index is 0.117. The fraction of sp³-hybridized carbons (Fsp3) is 0.321. The normalized spacial score (nSPS) is 15.0. The summed E-state index contributed by atoms with van der Waals surface area (Å²) in [6.45, 7) is 10.7. The highest BCUT2D eigenvalue weighted by atomic mass is 19.1. The zero-order valence-corrected chi connectivity index (χ0v) is 20.4. The number of nitroso groups, excluding NO2 is 1. The van der Waals surface area contributed by atoms with Crippen molar-refractivity contribution in [2.75, 3.05) is 31.1 Å². The lowest BCUT2D eigenvalue weighted by molar-refractivity contribution is 0.250. The molecule has 3 aromatic carbocycles. The van der Waals surface area contributed by atoms with Crippen LogP contribution in [0.2, 0.25) is 0 Å². The fourth-order valence-electron chi connectivity index (χ4n) is 4.66. The second-order valence-corrected chi connectivity index (χ2v) is 10.2. The minimum atomic E-state index is -0.565. The molecule has 1 aromatic heterocycles. The van der Waals surface area contributed by atoms with E-state index in [1.54, 1.807) is 6.07 Å². The first-order valence-electron chi connectivity index (χ1n) is 12.0. The van der Waals surface area contributed by atoms with Gasteiger partial charge in [0, 0.05) is 38.3 Å². The Morgan fingerprint density at radius 1 is 1.00 bits per heavy atom. The van der Waals surface area contributed by atoms with Crippen molar-refractivity contribution >= 4 is 22.4 Å². The summed E-state index contributed by atoms with van der Waals surface area (Å²) in [4.78, 5) is 23.7. The monoisotopic (exact) mass is 471 g/mol. The predicted octanol–water partition coefficient (Wildman–Crippen LogP) is 6.39. The van der Waals surface area contributed by atoms with E-state index in [4.69, 9.17) is 4.98 Å². The summed E-state index contributed by atoms with van der Waals surface area (Å²) in [5.41, 5.74) is 6.34. The summed E-state index contributed by atoms with van der Waals surface area (Å²) in [5, 5.41) is 2.71. The van der Waals surface area contributed by atoms with Gasteiger partial charge in [-0.15, -0.1) is 4.91 Å². The maximum absolute atomic E-state index is 13.9. The van der Waals surface area contributed by atoms with Crippen LogP contribution in [0.25, 0.3) is 22.4 Å². The van der Waals surface area contributed by atoms with Crippen LogP contribution in [-0.2, 0) is 12.0 Å². The molecule has 180 valence electrons. The molecule has 6 nitrogen and oxygen atoms in total. The highest BCUT2D eigenvalue weighted by molar-refractivity contribution is 5.91. The molecule has 1 saturated heterocycles. The molecule has 0 amide bonds. The third kappa shape index (κ3) is 4.82. The Labute approximate surface area is 204 Å². The molecule has 0 atom stereocenters. The van der Waals surface area contributed by atoms with Gasteiger partial charge in [0.1, 0.15) is 17.0 Å². The van der Waals surface area contributed by atoms with Crippen LogP contribution in [0, 0.1) is 10.7 Å². The number of nitrogens with one attached hydrogen (secondary N) is 1. The van der Waals surface area contributed by atoms with E-state index >= 15 is 0 Å². The van der Waals surface area contributed by atoms with E-state index in [0.29, 0.717) is 6.54 Å². The number of nitrogens with zero attached hydrogens (tertiary/aromatic N) is 4. The summed E-state index contributed by atoms with van der Waals surface area (Å²) in [6.07, 6.45) is 0. The van der Waals surface area contributed by atoms with Crippen LogP contribution >= 0.6 is 0 Å². The highest BCUT2D eigenvalue weighted by Gasteiger charge is 2.21. The summed E-state index contributed by atoms with van der Waals surface area (Å²) < 4.78 is 13.9. The smallest absolute Gasteiger partial charge is 0.152 e. The number of benzene rings is 3.